The van der Waals surface area contributed by atoms with E-state index in [0.29, 0.717) is 25.1 Å². The molecule has 1 aliphatic heterocycles. The van der Waals surface area contributed by atoms with Crippen LogP contribution in [0.3, 0.4) is 0 Å². The molecular weight excluding hydrogens is 478 g/mol. The number of rotatable bonds is 4. The summed E-state index contributed by atoms with van der Waals surface area (Å²) in [5, 5.41) is 0.895. The maximum absolute atomic E-state index is 13.2. The molecule has 0 amide bonds. The first-order valence-electron chi connectivity index (χ1n) is 11.4. The largest absolute Gasteiger partial charge is 0.423 e. The number of esters is 1. The summed E-state index contributed by atoms with van der Waals surface area (Å²) in [5.41, 5.74) is 1.77. The van der Waals surface area contributed by atoms with Gasteiger partial charge in [-0.25, -0.2) is 18.0 Å². The molecule has 0 unspecified atom stereocenters. The van der Waals surface area contributed by atoms with E-state index in [2.05, 4.69) is 0 Å². The molecule has 1 saturated heterocycles. The van der Waals surface area contributed by atoms with E-state index in [1.807, 2.05) is 0 Å². The first kappa shape index (κ1) is 23.1. The van der Waals surface area contributed by atoms with E-state index in [1.165, 1.54) is 28.6 Å². The van der Waals surface area contributed by atoms with Crippen molar-refractivity contribution in [1.29, 1.82) is 0 Å². The molecule has 2 aromatic carbocycles. The summed E-state index contributed by atoms with van der Waals surface area (Å²) in [4.78, 5) is 25.0. The van der Waals surface area contributed by atoms with Gasteiger partial charge in [-0.3, -0.25) is 0 Å². The lowest BCUT2D eigenvalue weighted by Crippen LogP contribution is -2.32. The zero-order valence-electron chi connectivity index (χ0n) is 18.5. The van der Waals surface area contributed by atoms with Gasteiger partial charge in [-0.15, -0.1) is 0 Å². The van der Waals surface area contributed by atoms with Gasteiger partial charge in [-0.2, -0.15) is 4.31 Å². The number of aryl methyl sites for hydroxylation is 1. The number of sulfonamides is 1. The zero-order valence-corrected chi connectivity index (χ0v) is 20.1. The van der Waals surface area contributed by atoms with Gasteiger partial charge in [0, 0.05) is 30.1 Å². The lowest BCUT2D eigenvalue weighted by molar-refractivity contribution is 0.0734. The number of carbonyl (C=O) groups is 1. The summed E-state index contributed by atoms with van der Waals surface area (Å²) in [7, 11) is -3.84. The number of ether oxygens (including phenoxy) is 1. The SMILES string of the molecule is O=C(Oc1ccc2c3c(c(=O)oc2c1)CCC3)c1ccc(Cl)c(S(=O)(=O)N2CCCCCC2)c1. The standard InChI is InChI=1S/C25H24ClNO6S/c26-21-11-8-16(14-23(21)34(30,31)27-12-3-1-2-4-13-27)24(28)32-17-9-10-19-18-6-5-7-20(18)25(29)33-22(19)15-17/h8-11,14-15H,1-7,12-13H2. The summed E-state index contributed by atoms with van der Waals surface area (Å²) < 4.78 is 38.8. The molecule has 1 fully saturated rings. The summed E-state index contributed by atoms with van der Waals surface area (Å²) >= 11 is 6.23. The Labute approximate surface area is 202 Å². The highest BCUT2D eigenvalue weighted by atomic mass is 35.5. The molecule has 3 aromatic rings. The molecule has 0 N–H and O–H groups in total. The van der Waals surface area contributed by atoms with E-state index >= 15 is 0 Å². The number of hydrogen-bond acceptors (Lipinski definition) is 6. The fraction of sp³-hybridized carbons (Fsp3) is 0.360. The molecule has 2 heterocycles. The van der Waals surface area contributed by atoms with Gasteiger partial charge in [-0.05, 0) is 68.0 Å². The van der Waals surface area contributed by atoms with Crippen molar-refractivity contribution in [2.75, 3.05) is 13.1 Å². The summed E-state index contributed by atoms with van der Waals surface area (Å²) in [6, 6.07) is 9.02. The molecule has 0 radical (unpaired) electrons. The highest BCUT2D eigenvalue weighted by Crippen LogP contribution is 2.31. The minimum absolute atomic E-state index is 0.0575. The van der Waals surface area contributed by atoms with Crippen molar-refractivity contribution in [1.82, 2.24) is 4.31 Å². The maximum Gasteiger partial charge on any atom is 0.343 e. The van der Waals surface area contributed by atoms with Crippen LogP contribution in [0.4, 0.5) is 0 Å². The second-order valence-electron chi connectivity index (χ2n) is 8.71. The van der Waals surface area contributed by atoms with Gasteiger partial charge >= 0.3 is 11.6 Å². The molecule has 7 nitrogen and oxygen atoms in total. The minimum Gasteiger partial charge on any atom is -0.423 e. The van der Waals surface area contributed by atoms with E-state index in [9.17, 15) is 18.0 Å². The van der Waals surface area contributed by atoms with Crippen LogP contribution in [0.5, 0.6) is 5.75 Å². The molecule has 9 heteroatoms. The summed E-state index contributed by atoms with van der Waals surface area (Å²) in [5.74, 6) is -0.530. The highest BCUT2D eigenvalue weighted by molar-refractivity contribution is 7.89. The second kappa shape index (κ2) is 9.17. The topological polar surface area (TPSA) is 93.9 Å². The number of fused-ring (bicyclic) bond motifs is 3. The first-order valence-corrected chi connectivity index (χ1v) is 13.3. The number of halogens is 1. The lowest BCUT2D eigenvalue weighted by atomic mass is 10.1. The third-order valence-corrected chi connectivity index (χ3v) is 8.89. The molecule has 34 heavy (non-hydrogen) atoms. The van der Waals surface area contributed by atoms with E-state index < -0.39 is 16.0 Å². The predicted molar refractivity (Wildman–Crippen MR) is 128 cm³/mol. The van der Waals surface area contributed by atoms with Crippen molar-refractivity contribution < 1.29 is 22.4 Å². The van der Waals surface area contributed by atoms with Crippen LogP contribution in [0.2, 0.25) is 5.02 Å². The molecule has 178 valence electrons. The molecule has 0 atom stereocenters. The van der Waals surface area contributed by atoms with Crippen LogP contribution in [-0.4, -0.2) is 31.8 Å². The third-order valence-electron chi connectivity index (χ3n) is 6.51. The van der Waals surface area contributed by atoms with Crippen molar-refractivity contribution in [2.45, 2.75) is 49.8 Å². The Bertz CT molecular complexity index is 1440. The normalized spacial score (nSPS) is 16.9. The van der Waals surface area contributed by atoms with Crippen molar-refractivity contribution in [3.63, 3.8) is 0 Å². The smallest absolute Gasteiger partial charge is 0.343 e. The van der Waals surface area contributed by atoms with Gasteiger partial charge < -0.3 is 9.15 Å². The molecule has 0 saturated carbocycles. The quantitative estimate of drug-likeness (QED) is 0.292. The number of benzene rings is 2. The van der Waals surface area contributed by atoms with Crippen LogP contribution < -0.4 is 10.4 Å². The molecule has 0 spiro atoms. The lowest BCUT2D eigenvalue weighted by Gasteiger charge is -2.21. The van der Waals surface area contributed by atoms with E-state index in [-0.39, 0.29) is 26.9 Å². The summed E-state index contributed by atoms with van der Waals surface area (Å²) in [6.45, 7) is 0.860. The highest BCUT2D eigenvalue weighted by Gasteiger charge is 2.28. The predicted octanol–water partition coefficient (Wildman–Crippen LogP) is 4.72. The van der Waals surface area contributed by atoms with Gasteiger partial charge in [0.2, 0.25) is 10.0 Å². The van der Waals surface area contributed by atoms with Gasteiger partial charge in [0.1, 0.15) is 16.2 Å². The van der Waals surface area contributed by atoms with Gasteiger partial charge in [-0.1, -0.05) is 24.4 Å². The van der Waals surface area contributed by atoms with Crippen LogP contribution in [0.1, 0.15) is 53.6 Å². The fourth-order valence-corrected chi connectivity index (χ4v) is 6.76. The molecule has 5 rings (SSSR count). The Morgan fingerprint density at radius 3 is 2.44 bits per heavy atom. The Morgan fingerprint density at radius 1 is 0.941 bits per heavy atom. The fourth-order valence-electron chi connectivity index (χ4n) is 4.74. The zero-order chi connectivity index (χ0) is 23.9. The van der Waals surface area contributed by atoms with Crippen molar-refractivity contribution >= 4 is 38.6 Å². The van der Waals surface area contributed by atoms with Crippen LogP contribution in [0, 0.1) is 0 Å². The Balaban J connectivity index is 1.43. The second-order valence-corrected chi connectivity index (χ2v) is 11.0. The van der Waals surface area contributed by atoms with E-state index in [0.717, 1.165) is 55.0 Å². The Morgan fingerprint density at radius 2 is 1.68 bits per heavy atom. The van der Waals surface area contributed by atoms with Crippen LogP contribution in [-0.2, 0) is 22.9 Å². The monoisotopic (exact) mass is 501 g/mol. The average molecular weight is 502 g/mol. The summed E-state index contributed by atoms with van der Waals surface area (Å²) in [6.07, 6.45) is 6.00. The van der Waals surface area contributed by atoms with Crippen LogP contribution in [0.25, 0.3) is 11.0 Å². The van der Waals surface area contributed by atoms with Gasteiger partial charge in [0.25, 0.3) is 0 Å². The van der Waals surface area contributed by atoms with Gasteiger partial charge in [0.15, 0.2) is 0 Å². The molecular formula is C25H24ClNO6S. The number of hydrogen-bond donors (Lipinski definition) is 0. The van der Waals surface area contributed by atoms with Crippen LogP contribution in [0.15, 0.2) is 50.5 Å². The molecule has 0 bridgehead atoms. The third kappa shape index (κ3) is 4.26. The average Bonchev–Trinajstić information content (AvgIpc) is 3.14. The van der Waals surface area contributed by atoms with Crippen molar-refractivity contribution in [3.8, 4) is 5.75 Å². The van der Waals surface area contributed by atoms with Crippen molar-refractivity contribution in [2.24, 2.45) is 0 Å². The van der Waals surface area contributed by atoms with E-state index in [1.54, 1.807) is 12.1 Å². The molecule has 2 aliphatic rings. The minimum atomic E-state index is -3.84. The first-order chi connectivity index (χ1) is 16.3. The molecule has 1 aromatic heterocycles. The van der Waals surface area contributed by atoms with Crippen molar-refractivity contribution in [3.05, 3.63) is 68.5 Å². The van der Waals surface area contributed by atoms with E-state index in [4.69, 9.17) is 20.8 Å². The Hall–Kier alpha value is -2.68. The van der Waals surface area contributed by atoms with Gasteiger partial charge in [0.05, 0.1) is 10.6 Å². The number of nitrogens with zero attached hydrogens (tertiary/aromatic N) is 1. The Kier molecular flexibility index (Phi) is 6.22. The number of carbonyl (C=O) groups excluding carboxylic acids is 1. The molecule has 1 aliphatic carbocycles. The van der Waals surface area contributed by atoms with Crippen LogP contribution >= 0.6 is 11.6 Å². The maximum atomic E-state index is 13.2.